The molecular formula is C22H23N3O4. The van der Waals surface area contributed by atoms with Gasteiger partial charge in [0.15, 0.2) is 0 Å². The van der Waals surface area contributed by atoms with Gasteiger partial charge in [0.25, 0.3) is 5.56 Å². The van der Waals surface area contributed by atoms with E-state index in [1.54, 1.807) is 6.07 Å². The number of unbranched alkanes of at least 4 members (excludes halogenated alkanes) is 2. The Kier molecular flexibility index (Phi) is 6.73. The Morgan fingerprint density at radius 1 is 0.966 bits per heavy atom. The molecule has 0 unspecified atom stereocenters. The number of amides is 1. The summed E-state index contributed by atoms with van der Waals surface area (Å²) in [5.74, 6) is -1.11. The van der Waals surface area contributed by atoms with Crippen LogP contribution in [0, 0.1) is 0 Å². The number of rotatable bonds is 9. The molecule has 1 heterocycles. The van der Waals surface area contributed by atoms with Gasteiger partial charge in [-0.05, 0) is 35.7 Å². The predicted octanol–water partition coefficient (Wildman–Crippen LogP) is 2.82. The maximum absolute atomic E-state index is 12.1. The zero-order chi connectivity index (χ0) is 20.6. The summed E-state index contributed by atoms with van der Waals surface area (Å²) in [6.45, 7) is 0.285. The van der Waals surface area contributed by atoms with E-state index in [9.17, 15) is 14.4 Å². The normalized spacial score (nSPS) is 10.8. The number of carbonyl (C=O) groups is 2. The topological polar surface area (TPSA) is 101 Å². The Labute approximate surface area is 168 Å². The molecule has 2 N–H and O–H groups in total. The third kappa shape index (κ3) is 5.75. The lowest BCUT2D eigenvalue weighted by molar-refractivity contribution is -0.137. The molecule has 29 heavy (non-hydrogen) atoms. The molecular weight excluding hydrogens is 370 g/mol. The Balaban J connectivity index is 1.62. The third-order valence-electron chi connectivity index (χ3n) is 4.59. The molecule has 7 heteroatoms. The van der Waals surface area contributed by atoms with Crippen LogP contribution in [0.1, 0.15) is 25.7 Å². The molecule has 3 aromatic rings. The lowest BCUT2D eigenvalue weighted by Crippen LogP contribution is -2.34. The minimum Gasteiger partial charge on any atom is -0.481 e. The maximum atomic E-state index is 12.1. The van der Waals surface area contributed by atoms with E-state index in [2.05, 4.69) is 10.4 Å². The molecule has 0 aliphatic carbocycles. The fraction of sp³-hybridized carbons (Fsp3) is 0.273. The molecule has 1 aromatic heterocycles. The largest absolute Gasteiger partial charge is 0.481 e. The molecule has 0 bridgehead atoms. The van der Waals surface area contributed by atoms with Crippen LogP contribution in [-0.4, -0.2) is 33.3 Å². The lowest BCUT2D eigenvalue weighted by atomic mass is 10.1. The SMILES string of the molecule is O=C(O)CCCCCNC(=O)Cn1nc(-c2ccc3ccccc3c2)ccc1=O. The average molecular weight is 393 g/mol. The van der Waals surface area contributed by atoms with Gasteiger partial charge >= 0.3 is 5.97 Å². The number of aromatic nitrogens is 2. The summed E-state index contributed by atoms with van der Waals surface area (Å²) < 4.78 is 1.16. The lowest BCUT2D eigenvalue weighted by Gasteiger charge is -2.09. The summed E-state index contributed by atoms with van der Waals surface area (Å²) in [6, 6.07) is 17.0. The van der Waals surface area contributed by atoms with Crippen molar-refractivity contribution in [3.05, 3.63) is 65.0 Å². The van der Waals surface area contributed by atoms with Crippen LogP contribution >= 0.6 is 0 Å². The Hall–Kier alpha value is -3.48. The fourth-order valence-electron chi connectivity index (χ4n) is 3.06. The van der Waals surface area contributed by atoms with E-state index in [-0.39, 0.29) is 24.4 Å². The van der Waals surface area contributed by atoms with Crippen LogP contribution in [0.3, 0.4) is 0 Å². The van der Waals surface area contributed by atoms with Gasteiger partial charge in [-0.1, -0.05) is 42.8 Å². The molecule has 0 saturated heterocycles. The summed E-state index contributed by atoms with van der Waals surface area (Å²) in [5.41, 5.74) is 1.15. The van der Waals surface area contributed by atoms with Crippen molar-refractivity contribution in [3.63, 3.8) is 0 Å². The van der Waals surface area contributed by atoms with E-state index >= 15 is 0 Å². The van der Waals surface area contributed by atoms with Gasteiger partial charge in [0.05, 0.1) is 5.69 Å². The Morgan fingerprint density at radius 3 is 2.55 bits per heavy atom. The van der Waals surface area contributed by atoms with Crippen LogP contribution in [0.15, 0.2) is 59.4 Å². The number of carboxylic acids is 1. The summed E-state index contributed by atoms with van der Waals surface area (Å²) in [6.07, 6.45) is 2.13. The summed E-state index contributed by atoms with van der Waals surface area (Å²) in [4.78, 5) is 34.7. The zero-order valence-corrected chi connectivity index (χ0v) is 16.0. The standard InChI is InChI=1S/C22H23N3O4/c26-20(23-13-5-1-2-8-22(28)29)15-25-21(27)12-11-19(24-25)18-10-9-16-6-3-4-7-17(16)14-18/h3-4,6-7,9-12,14H,1-2,5,8,13,15H2,(H,23,26)(H,28,29). The second kappa shape index (κ2) is 9.64. The average Bonchev–Trinajstić information content (AvgIpc) is 2.71. The minimum absolute atomic E-state index is 0.134. The van der Waals surface area contributed by atoms with Gasteiger partial charge in [-0.2, -0.15) is 5.10 Å². The van der Waals surface area contributed by atoms with Crippen molar-refractivity contribution in [2.75, 3.05) is 6.54 Å². The molecule has 1 amide bonds. The first-order valence-corrected chi connectivity index (χ1v) is 9.59. The molecule has 0 atom stereocenters. The third-order valence-corrected chi connectivity index (χ3v) is 4.59. The summed E-state index contributed by atoms with van der Waals surface area (Å²) >= 11 is 0. The highest BCUT2D eigenvalue weighted by atomic mass is 16.4. The van der Waals surface area contributed by atoms with Crippen LogP contribution in [0.2, 0.25) is 0 Å². The first kappa shape index (κ1) is 20.3. The summed E-state index contributed by atoms with van der Waals surface area (Å²) in [5, 5.41) is 17.9. The van der Waals surface area contributed by atoms with E-state index < -0.39 is 5.97 Å². The van der Waals surface area contributed by atoms with Gasteiger partial charge in [0.1, 0.15) is 6.54 Å². The van der Waals surface area contributed by atoms with Crippen LogP contribution in [-0.2, 0) is 16.1 Å². The van der Waals surface area contributed by atoms with Gasteiger partial charge in [0, 0.05) is 24.6 Å². The zero-order valence-electron chi connectivity index (χ0n) is 16.0. The number of hydrogen-bond donors (Lipinski definition) is 2. The minimum atomic E-state index is -0.814. The highest BCUT2D eigenvalue weighted by Gasteiger charge is 2.08. The highest BCUT2D eigenvalue weighted by molar-refractivity contribution is 5.86. The first-order valence-electron chi connectivity index (χ1n) is 9.59. The number of nitrogens with zero attached hydrogens (tertiary/aromatic N) is 2. The van der Waals surface area contributed by atoms with Crippen molar-refractivity contribution in [2.24, 2.45) is 0 Å². The summed E-state index contributed by atoms with van der Waals surface area (Å²) in [7, 11) is 0. The second-order valence-electron chi connectivity index (χ2n) is 6.83. The number of nitrogens with one attached hydrogen (secondary N) is 1. The van der Waals surface area contributed by atoms with Crippen molar-refractivity contribution >= 4 is 22.6 Å². The van der Waals surface area contributed by atoms with Crippen molar-refractivity contribution in [2.45, 2.75) is 32.2 Å². The van der Waals surface area contributed by atoms with Gasteiger partial charge in [0.2, 0.25) is 5.91 Å². The number of fused-ring (bicyclic) bond motifs is 1. The number of hydrogen-bond acceptors (Lipinski definition) is 4. The highest BCUT2D eigenvalue weighted by Crippen LogP contribution is 2.22. The van der Waals surface area contributed by atoms with Crippen molar-refractivity contribution in [3.8, 4) is 11.3 Å². The quantitative estimate of drug-likeness (QED) is 0.545. The molecule has 0 fully saturated rings. The molecule has 7 nitrogen and oxygen atoms in total. The van der Waals surface area contributed by atoms with Crippen LogP contribution < -0.4 is 10.9 Å². The van der Waals surface area contributed by atoms with E-state index in [0.29, 0.717) is 25.1 Å². The van der Waals surface area contributed by atoms with E-state index in [1.807, 2.05) is 42.5 Å². The predicted molar refractivity (Wildman–Crippen MR) is 111 cm³/mol. The molecule has 0 aliphatic rings. The fourth-order valence-corrected chi connectivity index (χ4v) is 3.06. The molecule has 3 rings (SSSR count). The van der Waals surface area contributed by atoms with E-state index in [4.69, 9.17) is 5.11 Å². The number of benzene rings is 2. The van der Waals surface area contributed by atoms with Gasteiger partial charge in [-0.3, -0.25) is 14.4 Å². The van der Waals surface area contributed by atoms with Gasteiger partial charge < -0.3 is 10.4 Å². The van der Waals surface area contributed by atoms with Gasteiger partial charge in [-0.15, -0.1) is 0 Å². The van der Waals surface area contributed by atoms with Crippen molar-refractivity contribution in [1.29, 1.82) is 0 Å². The second-order valence-corrected chi connectivity index (χ2v) is 6.83. The molecule has 150 valence electrons. The maximum Gasteiger partial charge on any atom is 0.303 e. The molecule has 0 saturated carbocycles. The van der Waals surface area contributed by atoms with Crippen molar-refractivity contribution < 1.29 is 14.7 Å². The van der Waals surface area contributed by atoms with Crippen LogP contribution in [0.4, 0.5) is 0 Å². The first-order chi connectivity index (χ1) is 14.0. The number of carbonyl (C=O) groups excluding carboxylic acids is 1. The van der Waals surface area contributed by atoms with E-state index in [1.165, 1.54) is 6.07 Å². The Morgan fingerprint density at radius 2 is 1.76 bits per heavy atom. The molecule has 2 aromatic carbocycles. The van der Waals surface area contributed by atoms with Crippen LogP contribution in [0.5, 0.6) is 0 Å². The number of aliphatic carboxylic acids is 1. The van der Waals surface area contributed by atoms with Crippen LogP contribution in [0.25, 0.3) is 22.0 Å². The van der Waals surface area contributed by atoms with E-state index in [0.717, 1.165) is 27.4 Å². The monoisotopic (exact) mass is 393 g/mol. The molecule has 0 aliphatic heterocycles. The molecule has 0 radical (unpaired) electrons. The van der Waals surface area contributed by atoms with Gasteiger partial charge in [-0.25, -0.2) is 4.68 Å². The van der Waals surface area contributed by atoms with Crippen molar-refractivity contribution in [1.82, 2.24) is 15.1 Å². The molecule has 0 spiro atoms. The Bertz CT molecular complexity index is 1070. The number of carboxylic acid groups (broad SMARTS) is 1. The smallest absolute Gasteiger partial charge is 0.303 e.